The number of nitrogens with zero attached hydrogens (tertiary/aromatic N) is 3. The average molecular weight is 556 g/mol. The van der Waals surface area contributed by atoms with Crippen molar-refractivity contribution in [3.8, 4) is 11.5 Å². The maximum atomic E-state index is 12.5. The molecule has 1 aliphatic rings. The second-order valence-electron chi connectivity index (χ2n) is 10.7. The van der Waals surface area contributed by atoms with Crippen molar-refractivity contribution in [3.63, 3.8) is 0 Å². The first kappa shape index (κ1) is 27.7. The molecule has 3 aromatic carbocycles. The largest absolute Gasteiger partial charge is 0.493 e. The van der Waals surface area contributed by atoms with E-state index in [9.17, 15) is 9.59 Å². The van der Waals surface area contributed by atoms with E-state index in [0.29, 0.717) is 53.6 Å². The lowest BCUT2D eigenvalue weighted by atomic mass is 10.2. The first-order valence-electron chi connectivity index (χ1n) is 13.4. The Kier molecular flexibility index (Phi) is 7.91. The van der Waals surface area contributed by atoms with Gasteiger partial charge < -0.3 is 29.7 Å². The molecule has 1 saturated heterocycles. The lowest BCUT2D eigenvalue weighted by molar-refractivity contribution is 0.0275. The molecule has 1 aromatic heterocycles. The Balaban J connectivity index is 1.28. The Morgan fingerprint density at radius 1 is 0.951 bits per heavy atom. The molecule has 0 bridgehead atoms. The monoisotopic (exact) mass is 555 g/mol. The van der Waals surface area contributed by atoms with Gasteiger partial charge in [-0.05, 0) is 63.2 Å². The van der Waals surface area contributed by atoms with E-state index in [1.165, 1.54) is 6.33 Å². The maximum Gasteiger partial charge on any atom is 0.410 e. The van der Waals surface area contributed by atoms with E-state index in [1.54, 1.807) is 24.1 Å². The minimum absolute atomic E-state index is 0.173. The van der Waals surface area contributed by atoms with Gasteiger partial charge in [-0.1, -0.05) is 18.2 Å². The van der Waals surface area contributed by atoms with Crippen LogP contribution in [0, 0.1) is 0 Å². The molecule has 2 amide bonds. The number of benzene rings is 3. The van der Waals surface area contributed by atoms with Crippen molar-refractivity contribution in [2.24, 2.45) is 0 Å². The normalized spacial score (nSPS) is 14.9. The number of carbonyl (C=O) groups excluding carboxylic acids is 2. The van der Waals surface area contributed by atoms with Crippen LogP contribution >= 0.6 is 0 Å². The van der Waals surface area contributed by atoms with Crippen LogP contribution in [0.2, 0.25) is 0 Å². The van der Waals surface area contributed by atoms with Gasteiger partial charge in [-0.15, -0.1) is 0 Å². The quantitative estimate of drug-likeness (QED) is 0.284. The number of hydrogen-bond donors (Lipinski definition) is 2. The fourth-order valence-electron chi connectivity index (χ4n) is 4.48. The Bertz CT molecular complexity index is 1540. The number of hydrogen-bond acceptors (Lipinski definition) is 8. The highest BCUT2D eigenvalue weighted by Crippen LogP contribution is 2.36. The molecule has 4 aromatic rings. The van der Waals surface area contributed by atoms with E-state index >= 15 is 0 Å². The fourth-order valence-corrected chi connectivity index (χ4v) is 4.48. The SMILES string of the molecule is COc1cc2c(Nc3ccc(NC(=O)c4ccccc4)cc3)ncnc2cc1OC1CCN(C(=O)OC(C)(C)C)C1. The Morgan fingerprint density at radius 2 is 1.68 bits per heavy atom. The molecule has 0 saturated carbocycles. The van der Waals surface area contributed by atoms with Crippen molar-refractivity contribution in [3.05, 3.63) is 78.6 Å². The number of fused-ring (bicyclic) bond motifs is 1. The van der Waals surface area contributed by atoms with Gasteiger partial charge in [0, 0.05) is 41.4 Å². The molecular formula is C31H33N5O5. The zero-order chi connectivity index (χ0) is 29.0. The number of ether oxygens (including phenoxy) is 3. The molecule has 1 atom stereocenters. The number of rotatable bonds is 7. The summed E-state index contributed by atoms with van der Waals surface area (Å²) in [5.74, 6) is 1.50. The number of likely N-dealkylation sites (tertiary alicyclic amines) is 1. The summed E-state index contributed by atoms with van der Waals surface area (Å²) in [4.78, 5) is 35.4. The molecule has 1 unspecified atom stereocenters. The van der Waals surface area contributed by atoms with Crippen LogP contribution in [0.3, 0.4) is 0 Å². The molecule has 10 nitrogen and oxygen atoms in total. The van der Waals surface area contributed by atoms with Crippen LogP contribution in [0.1, 0.15) is 37.6 Å². The van der Waals surface area contributed by atoms with Crippen molar-refractivity contribution >= 4 is 40.1 Å². The van der Waals surface area contributed by atoms with Crippen LogP contribution in [-0.2, 0) is 4.74 Å². The third kappa shape index (κ3) is 6.84. The first-order valence-corrected chi connectivity index (χ1v) is 13.4. The van der Waals surface area contributed by atoms with Crippen LogP contribution in [0.15, 0.2) is 73.1 Å². The predicted octanol–water partition coefficient (Wildman–Crippen LogP) is 6.02. The standard InChI is InChI=1S/C31H33N5O5/c1-31(2,3)41-30(38)36-15-14-23(18-36)40-27-17-25-24(16-26(27)39-4)28(33-19-32-25)34-21-10-12-22(13-11-21)35-29(37)20-8-6-5-7-9-20/h5-13,16-17,19,23H,14-15,18H2,1-4H3,(H,35,37)(H,32,33,34). The first-order chi connectivity index (χ1) is 19.7. The van der Waals surface area contributed by atoms with E-state index in [-0.39, 0.29) is 18.1 Å². The van der Waals surface area contributed by atoms with Crippen LogP contribution in [-0.4, -0.2) is 58.8 Å². The highest BCUT2D eigenvalue weighted by Gasteiger charge is 2.31. The lowest BCUT2D eigenvalue weighted by Crippen LogP contribution is -2.36. The number of methoxy groups -OCH3 is 1. The van der Waals surface area contributed by atoms with E-state index in [1.807, 2.05) is 75.4 Å². The summed E-state index contributed by atoms with van der Waals surface area (Å²) in [6.07, 6.45) is 1.62. The van der Waals surface area contributed by atoms with Crippen molar-refractivity contribution < 1.29 is 23.8 Å². The smallest absolute Gasteiger partial charge is 0.410 e. The van der Waals surface area contributed by atoms with Gasteiger partial charge in [0.2, 0.25) is 0 Å². The Morgan fingerprint density at radius 3 is 2.39 bits per heavy atom. The van der Waals surface area contributed by atoms with Crippen LogP contribution in [0.4, 0.5) is 22.0 Å². The molecule has 5 rings (SSSR count). The molecular weight excluding hydrogens is 522 g/mol. The molecule has 212 valence electrons. The summed E-state index contributed by atoms with van der Waals surface area (Å²) in [5, 5.41) is 6.97. The van der Waals surface area contributed by atoms with Crippen molar-refractivity contribution in [2.45, 2.75) is 38.9 Å². The number of anilines is 3. The second-order valence-corrected chi connectivity index (χ2v) is 10.7. The molecule has 0 radical (unpaired) electrons. The second kappa shape index (κ2) is 11.7. The van der Waals surface area contributed by atoms with Gasteiger partial charge in [0.25, 0.3) is 5.91 Å². The van der Waals surface area contributed by atoms with E-state index < -0.39 is 5.60 Å². The highest BCUT2D eigenvalue weighted by atomic mass is 16.6. The molecule has 1 fully saturated rings. The van der Waals surface area contributed by atoms with Gasteiger partial charge in [0.05, 0.1) is 19.2 Å². The molecule has 1 aliphatic heterocycles. The molecule has 41 heavy (non-hydrogen) atoms. The molecule has 2 heterocycles. The predicted molar refractivity (Wildman–Crippen MR) is 157 cm³/mol. The van der Waals surface area contributed by atoms with Crippen molar-refractivity contribution in [2.75, 3.05) is 30.8 Å². The maximum absolute atomic E-state index is 12.5. The fraction of sp³-hybridized carbons (Fsp3) is 0.290. The Hall–Kier alpha value is -4.86. The van der Waals surface area contributed by atoms with Gasteiger partial charge in [-0.25, -0.2) is 14.8 Å². The number of nitrogens with one attached hydrogen (secondary N) is 2. The van der Waals surface area contributed by atoms with E-state index in [2.05, 4.69) is 20.6 Å². The number of aromatic nitrogens is 2. The van der Waals surface area contributed by atoms with Gasteiger partial charge in [-0.3, -0.25) is 4.79 Å². The number of carbonyl (C=O) groups is 2. The van der Waals surface area contributed by atoms with Crippen molar-refractivity contribution in [1.29, 1.82) is 0 Å². The van der Waals surface area contributed by atoms with E-state index in [4.69, 9.17) is 14.2 Å². The summed E-state index contributed by atoms with van der Waals surface area (Å²) in [5.41, 5.74) is 2.18. The topological polar surface area (TPSA) is 115 Å². The van der Waals surface area contributed by atoms with Gasteiger partial charge in [-0.2, -0.15) is 0 Å². The summed E-state index contributed by atoms with van der Waals surface area (Å²) in [6.45, 7) is 6.53. The minimum Gasteiger partial charge on any atom is -0.493 e. The average Bonchev–Trinajstić information content (AvgIpc) is 3.42. The molecule has 2 N–H and O–H groups in total. The zero-order valence-electron chi connectivity index (χ0n) is 23.5. The molecule has 10 heteroatoms. The minimum atomic E-state index is -0.552. The van der Waals surface area contributed by atoms with Crippen LogP contribution in [0.5, 0.6) is 11.5 Å². The molecule has 0 spiro atoms. The third-order valence-corrected chi connectivity index (χ3v) is 6.45. The molecule has 0 aliphatic carbocycles. The highest BCUT2D eigenvalue weighted by molar-refractivity contribution is 6.04. The summed E-state index contributed by atoms with van der Waals surface area (Å²) >= 11 is 0. The van der Waals surface area contributed by atoms with Crippen LogP contribution in [0.25, 0.3) is 10.9 Å². The van der Waals surface area contributed by atoms with E-state index in [0.717, 1.165) is 11.1 Å². The third-order valence-electron chi connectivity index (χ3n) is 6.45. The van der Waals surface area contributed by atoms with Gasteiger partial charge in [0.1, 0.15) is 23.9 Å². The summed E-state index contributed by atoms with van der Waals surface area (Å²) in [7, 11) is 1.58. The zero-order valence-corrected chi connectivity index (χ0v) is 23.5. The van der Waals surface area contributed by atoms with Crippen molar-refractivity contribution in [1.82, 2.24) is 14.9 Å². The summed E-state index contributed by atoms with van der Waals surface area (Å²) in [6, 6.07) is 20.1. The van der Waals surface area contributed by atoms with Gasteiger partial charge in [0.15, 0.2) is 11.5 Å². The number of amides is 2. The van der Waals surface area contributed by atoms with Crippen LogP contribution < -0.4 is 20.1 Å². The summed E-state index contributed by atoms with van der Waals surface area (Å²) < 4.78 is 17.4. The van der Waals surface area contributed by atoms with Gasteiger partial charge >= 0.3 is 6.09 Å². The Labute approximate surface area is 238 Å². The lowest BCUT2D eigenvalue weighted by Gasteiger charge is -2.24.